The smallest absolute Gasteiger partial charge is 0.0302 e. The average Bonchev–Trinajstić information content (AvgIpc) is 2.60. The maximum absolute atomic E-state index is 3.67. The lowest BCUT2D eigenvalue weighted by Crippen LogP contribution is -2.36. The summed E-state index contributed by atoms with van der Waals surface area (Å²) in [5.74, 6) is 0. The zero-order valence-corrected chi connectivity index (χ0v) is 13.4. The fourth-order valence-electron chi connectivity index (χ4n) is 2.53. The summed E-state index contributed by atoms with van der Waals surface area (Å²) in [4.78, 5) is 1.41. The molecule has 0 amide bonds. The molecule has 0 saturated carbocycles. The molecule has 0 bridgehead atoms. The van der Waals surface area contributed by atoms with E-state index in [4.69, 9.17) is 0 Å². The van der Waals surface area contributed by atoms with Crippen LogP contribution in [0.25, 0.3) is 0 Å². The van der Waals surface area contributed by atoms with Gasteiger partial charge in [0, 0.05) is 33.4 Å². The second kappa shape index (κ2) is 7.63. The van der Waals surface area contributed by atoms with Crippen LogP contribution < -0.4 is 10.6 Å². The molecule has 2 unspecified atom stereocenters. The highest BCUT2D eigenvalue weighted by atomic mass is 79.9. The average molecular weight is 331 g/mol. The van der Waals surface area contributed by atoms with Crippen LogP contribution in [0.2, 0.25) is 0 Å². The molecule has 0 radical (unpaired) electrons. The fraction of sp³-hybridized carbons (Fsp3) is 0.714. The topological polar surface area (TPSA) is 24.1 Å². The van der Waals surface area contributed by atoms with Crippen LogP contribution in [-0.4, -0.2) is 18.6 Å². The highest BCUT2D eigenvalue weighted by Gasteiger charge is 2.14. The van der Waals surface area contributed by atoms with E-state index in [1.807, 2.05) is 11.3 Å². The van der Waals surface area contributed by atoms with Crippen LogP contribution in [0.3, 0.4) is 0 Å². The predicted octanol–water partition coefficient (Wildman–Crippen LogP) is 3.91. The molecule has 4 heteroatoms. The minimum Gasteiger partial charge on any atom is -0.314 e. The minimum absolute atomic E-state index is 0.585. The van der Waals surface area contributed by atoms with Crippen molar-refractivity contribution in [2.24, 2.45) is 0 Å². The Morgan fingerprint density at radius 2 is 2.39 bits per heavy atom. The van der Waals surface area contributed by atoms with Crippen molar-refractivity contribution in [2.45, 2.75) is 57.7 Å². The Morgan fingerprint density at radius 1 is 1.50 bits per heavy atom. The van der Waals surface area contributed by atoms with Crippen molar-refractivity contribution in [3.8, 4) is 0 Å². The number of nitrogens with one attached hydrogen (secondary N) is 2. The van der Waals surface area contributed by atoms with Gasteiger partial charge in [-0.2, -0.15) is 0 Å². The van der Waals surface area contributed by atoms with Gasteiger partial charge in [0.1, 0.15) is 0 Å². The summed E-state index contributed by atoms with van der Waals surface area (Å²) in [5, 5.41) is 9.45. The lowest BCUT2D eigenvalue weighted by atomic mass is 10.0. The first kappa shape index (κ1) is 14.5. The van der Waals surface area contributed by atoms with E-state index in [1.54, 1.807) is 0 Å². The molecular formula is C14H23BrN2S. The van der Waals surface area contributed by atoms with E-state index in [0.717, 1.165) is 6.54 Å². The third-order valence-corrected chi connectivity index (χ3v) is 5.24. The minimum atomic E-state index is 0.585. The molecule has 2 rings (SSSR count). The van der Waals surface area contributed by atoms with Crippen molar-refractivity contribution >= 4 is 27.3 Å². The Labute approximate surface area is 123 Å². The Bertz CT molecular complexity index is 345. The molecule has 2 N–H and O–H groups in total. The van der Waals surface area contributed by atoms with Gasteiger partial charge in [-0.05, 0) is 54.7 Å². The Morgan fingerprint density at radius 3 is 3.17 bits per heavy atom. The number of hydrogen-bond acceptors (Lipinski definition) is 3. The van der Waals surface area contributed by atoms with Crippen LogP contribution in [0.4, 0.5) is 0 Å². The molecule has 1 aromatic heterocycles. The van der Waals surface area contributed by atoms with Crippen molar-refractivity contribution in [1.82, 2.24) is 10.6 Å². The third kappa shape index (κ3) is 5.00. The molecule has 0 spiro atoms. The SMILES string of the molecule is CC(CC1CCCCCN1)NCc1cc(Br)cs1. The van der Waals surface area contributed by atoms with Gasteiger partial charge in [0.2, 0.25) is 0 Å². The number of halogens is 1. The maximum atomic E-state index is 3.67. The van der Waals surface area contributed by atoms with E-state index in [9.17, 15) is 0 Å². The zero-order chi connectivity index (χ0) is 12.8. The first-order valence-electron chi connectivity index (χ1n) is 6.93. The predicted molar refractivity (Wildman–Crippen MR) is 83.2 cm³/mol. The second-order valence-electron chi connectivity index (χ2n) is 5.25. The van der Waals surface area contributed by atoms with Gasteiger partial charge in [-0.3, -0.25) is 0 Å². The van der Waals surface area contributed by atoms with Crippen LogP contribution in [0.15, 0.2) is 15.9 Å². The Hall–Kier alpha value is 0.1000. The van der Waals surface area contributed by atoms with Gasteiger partial charge in [-0.25, -0.2) is 0 Å². The Balaban J connectivity index is 1.69. The zero-order valence-electron chi connectivity index (χ0n) is 11.0. The van der Waals surface area contributed by atoms with Crippen LogP contribution in [-0.2, 0) is 6.54 Å². The first-order valence-corrected chi connectivity index (χ1v) is 8.61. The van der Waals surface area contributed by atoms with E-state index < -0.39 is 0 Å². The van der Waals surface area contributed by atoms with E-state index in [2.05, 4.69) is 44.9 Å². The van der Waals surface area contributed by atoms with Gasteiger partial charge in [0.25, 0.3) is 0 Å². The molecule has 2 nitrogen and oxygen atoms in total. The summed E-state index contributed by atoms with van der Waals surface area (Å²) < 4.78 is 1.20. The molecule has 1 aromatic rings. The van der Waals surface area contributed by atoms with Crippen LogP contribution in [0.1, 0.15) is 43.9 Å². The van der Waals surface area contributed by atoms with Crippen molar-refractivity contribution in [2.75, 3.05) is 6.54 Å². The van der Waals surface area contributed by atoms with E-state index in [-0.39, 0.29) is 0 Å². The van der Waals surface area contributed by atoms with Crippen LogP contribution >= 0.6 is 27.3 Å². The highest BCUT2D eigenvalue weighted by Crippen LogP contribution is 2.20. The molecule has 0 aliphatic carbocycles. The maximum Gasteiger partial charge on any atom is 0.0302 e. The van der Waals surface area contributed by atoms with Gasteiger partial charge in [0.05, 0.1) is 0 Å². The monoisotopic (exact) mass is 330 g/mol. The molecule has 1 fully saturated rings. The van der Waals surface area contributed by atoms with Gasteiger partial charge in [-0.15, -0.1) is 11.3 Å². The second-order valence-corrected chi connectivity index (χ2v) is 7.16. The van der Waals surface area contributed by atoms with E-state index >= 15 is 0 Å². The summed E-state index contributed by atoms with van der Waals surface area (Å²) in [5.41, 5.74) is 0. The van der Waals surface area contributed by atoms with Crippen molar-refractivity contribution in [1.29, 1.82) is 0 Å². The van der Waals surface area contributed by atoms with Crippen LogP contribution in [0.5, 0.6) is 0 Å². The normalized spacial score (nSPS) is 22.7. The molecule has 2 atom stereocenters. The van der Waals surface area contributed by atoms with Gasteiger partial charge in [-0.1, -0.05) is 12.8 Å². The van der Waals surface area contributed by atoms with Crippen molar-refractivity contribution in [3.63, 3.8) is 0 Å². The lowest BCUT2D eigenvalue weighted by molar-refractivity contribution is 0.403. The molecule has 1 saturated heterocycles. The number of hydrogen-bond donors (Lipinski definition) is 2. The molecule has 1 aliphatic rings. The first-order chi connectivity index (χ1) is 8.74. The summed E-state index contributed by atoms with van der Waals surface area (Å²) in [7, 11) is 0. The van der Waals surface area contributed by atoms with Crippen molar-refractivity contribution in [3.05, 3.63) is 20.8 Å². The number of rotatable bonds is 5. The molecule has 0 aromatic carbocycles. The summed E-state index contributed by atoms with van der Waals surface area (Å²) in [6.07, 6.45) is 6.72. The fourth-order valence-corrected chi connectivity index (χ4v) is 3.94. The summed E-state index contributed by atoms with van der Waals surface area (Å²) >= 11 is 5.32. The largest absolute Gasteiger partial charge is 0.314 e. The highest BCUT2D eigenvalue weighted by molar-refractivity contribution is 9.10. The molecule has 1 aliphatic heterocycles. The molecule has 18 heavy (non-hydrogen) atoms. The van der Waals surface area contributed by atoms with Crippen molar-refractivity contribution < 1.29 is 0 Å². The van der Waals surface area contributed by atoms with Gasteiger partial charge in [0.15, 0.2) is 0 Å². The standard InChI is InChI=1S/C14H23BrN2S/c1-11(7-13-5-3-2-4-6-16-13)17-9-14-8-12(15)10-18-14/h8,10-11,13,16-17H,2-7,9H2,1H3. The van der Waals surface area contributed by atoms with Gasteiger partial charge < -0.3 is 10.6 Å². The number of thiophene rings is 1. The third-order valence-electron chi connectivity index (χ3n) is 3.55. The molecule has 2 heterocycles. The van der Waals surface area contributed by atoms with Crippen LogP contribution in [0, 0.1) is 0 Å². The lowest BCUT2D eigenvalue weighted by Gasteiger charge is -2.21. The Kier molecular flexibility index (Phi) is 6.15. The van der Waals surface area contributed by atoms with Gasteiger partial charge >= 0.3 is 0 Å². The van der Waals surface area contributed by atoms with E-state index in [0.29, 0.717) is 12.1 Å². The summed E-state index contributed by atoms with van der Waals surface area (Å²) in [6.45, 7) is 4.49. The quantitative estimate of drug-likeness (QED) is 0.855. The molecule has 102 valence electrons. The molecular weight excluding hydrogens is 308 g/mol. The summed E-state index contributed by atoms with van der Waals surface area (Å²) in [6, 6.07) is 3.50. The van der Waals surface area contributed by atoms with E-state index in [1.165, 1.54) is 48.0 Å².